The Kier molecular flexibility index (Phi) is 3.07. The quantitative estimate of drug-likeness (QED) is 0.776. The number of piperidine rings is 1. The molecule has 1 aliphatic heterocycles. The summed E-state index contributed by atoms with van der Waals surface area (Å²) in [6.45, 7) is 5.38. The average molecular weight is 208 g/mol. The molecule has 0 atom stereocenters. The number of aryl methyl sites for hydroxylation is 1. The number of rotatable bonds is 2. The van der Waals surface area contributed by atoms with Crippen molar-refractivity contribution in [3.63, 3.8) is 0 Å². The largest absolute Gasteiger partial charge is 0.328 e. The van der Waals surface area contributed by atoms with Crippen molar-refractivity contribution in [3.8, 4) is 0 Å². The summed E-state index contributed by atoms with van der Waals surface area (Å²) in [4.78, 5) is 2.47. The van der Waals surface area contributed by atoms with Crippen LogP contribution in [0.1, 0.15) is 24.1 Å². The van der Waals surface area contributed by atoms with E-state index in [4.69, 9.17) is 5.73 Å². The Morgan fingerprint density at radius 1 is 1.47 bits per heavy atom. The molecule has 0 radical (unpaired) electrons. The van der Waals surface area contributed by atoms with Gasteiger partial charge in [-0.2, -0.15) is 5.10 Å². The van der Waals surface area contributed by atoms with E-state index >= 15 is 0 Å². The molecule has 0 unspecified atom stereocenters. The van der Waals surface area contributed by atoms with Gasteiger partial charge < -0.3 is 5.73 Å². The van der Waals surface area contributed by atoms with Gasteiger partial charge in [0, 0.05) is 30.9 Å². The number of hydrogen-bond donors (Lipinski definition) is 1. The lowest BCUT2D eigenvalue weighted by molar-refractivity contribution is 0.205. The fourth-order valence-corrected chi connectivity index (χ4v) is 2.05. The second-order valence-electron chi connectivity index (χ2n) is 4.49. The molecule has 0 aliphatic carbocycles. The smallest absolute Gasteiger partial charge is 0.0537 e. The Morgan fingerprint density at radius 3 is 2.67 bits per heavy atom. The molecule has 1 fully saturated rings. The van der Waals surface area contributed by atoms with E-state index in [9.17, 15) is 0 Å². The summed E-state index contributed by atoms with van der Waals surface area (Å²) in [6.07, 6.45) is 4.22. The molecule has 0 spiro atoms. The first-order valence-electron chi connectivity index (χ1n) is 5.62. The number of aromatic nitrogens is 2. The molecule has 2 rings (SSSR count). The van der Waals surface area contributed by atoms with Crippen molar-refractivity contribution < 1.29 is 0 Å². The average Bonchev–Trinajstić information content (AvgIpc) is 2.53. The van der Waals surface area contributed by atoms with Gasteiger partial charge in [-0.25, -0.2) is 0 Å². The monoisotopic (exact) mass is 208 g/mol. The van der Waals surface area contributed by atoms with Crippen LogP contribution in [-0.2, 0) is 13.6 Å². The van der Waals surface area contributed by atoms with E-state index < -0.39 is 0 Å². The molecule has 1 aromatic rings. The minimum Gasteiger partial charge on any atom is -0.328 e. The maximum atomic E-state index is 5.88. The van der Waals surface area contributed by atoms with Crippen molar-refractivity contribution in [2.24, 2.45) is 12.8 Å². The predicted molar refractivity (Wildman–Crippen MR) is 60.4 cm³/mol. The Hall–Kier alpha value is -0.870. The molecule has 1 aliphatic rings. The van der Waals surface area contributed by atoms with Gasteiger partial charge >= 0.3 is 0 Å². The molecule has 2 N–H and O–H groups in total. The second-order valence-corrected chi connectivity index (χ2v) is 4.49. The van der Waals surface area contributed by atoms with Crippen LogP contribution in [0.25, 0.3) is 0 Å². The van der Waals surface area contributed by atoms with Crippen LogP contribution in [0.4, 0.5) is 0 Å². The van der Waals surface area contributed by atoms with Crippen molar-refractivity contribution in [3.05, 3.63) is 17.5 Å². The Morgan fingerprint density at radius 2 is 2.13 bits per heavy atom. The predicted octanol–water partition coefficient (Wildman–Crippen LogP) is 0.652. The molecule has 4 heteroatoms. The minimum atomic E-state index is 0.413. The van der Waals surface area contributed by atoms with Crippen LogP contribution in [0.5, 0.6) is 0 Å². The van der Waals surface area contributed by atoms with Crippen LogP contribution in [-0.4, -0.2) is 33.8 Å². The molecular formula is C11H20N4. The van der Waals surface area contributed by atoms with Crippen molar-refractivity contribution in [1.29, 1.82) is 0 Å². The van der Waals surface area contributed by atoms with Crippen molar-refractivity contribution in [1.82, 2.24) is 14.7 Å². The highest BCUT2D eigenvalue weighted by molar-refractivity contribution is 5.15. The maximum Gasteiger partial charge on any atom is 0.0537 e. The fraction of sp³-hybridized carbons (Fsp3) is 0.727. The van der Waals surface area contributed by atoms with Gasteiger partial charge in [-0.05, 0) is 32.9 Å². The molecule has 1 aromatic heterocycles. The Bertz CT molecular complexity index is 323. The highest BCUT2D eigenvalue weighted by Gasteiger charge is 2.17. The van der Waals surface area contributed by atoms with Crippen LogP contribution >= 0.6 is 0 Å². The molecule has 0 saturated carbocycles. The molecule has 4 nitrogen and oxygen atoms in total. The third-order valence-electron chi connectivity index (χ3n) is 3.36. The van der Waals surface area contributed by atoms with Crippen molar-refractivity contribution in [2.75, 3.05) is 13.1 Å². The first-order valence-corrected chi connectivity index (χ1v) is 5.62. The van der Waals surface area contributed by atoms with Gasteiger partial charge in [-0.15, -0.1) is 0 Å². The van der Waals surface area contributed by atoms with E-state index in [2.05, 4.69) is 16.9 Å². The van der Waals surface area contributed by atoms with Gasteiger partial charge in [0.25, 0.3) is 0 Å². The Balaban J connectivity index is 1.94. The van der Waals surface area contributed by atoms with Gasteiger partial charge in [0.2, 0.25) is 0 Å². The van der Waals surface area contributed by atoms with Crippen LogP contribution in [0.3, 0.4) is 0 Å². The lowest BCUT2D eigenvalue weighted by Crippen LogP contribution is -2.39. The van der Waals surface area contributed by atoms with E-state index in [0.29, 0.717) is 6.04 Å². The van der Waals surface area contributed by atoms with Gasteiger partial charge in [0.05, 0.1) is 6.20 Å². The number of nitrogens with two attached hydrogens (primary N) is 1. The van der Waals surface area contributed by atoms with Gasteiger partial charge in [0.1, 0.15) is 0 Å². The van der Waals surface area contributed by atoms with Crippen LogP contribution in [0.2, 0.25) is 0 Å². The standard InChI is InChI=1S/C11H20N4/c1-9-10(7-13-14(9)2)8-15-5-3-11(12)4-6-15/h7,11H,3-6,8,12H2,1-2H3. The van der Waals surface area contributed by atoms with Crippen molar-refractivity contribution >= 4 is 0 Å². The highest BCUT2D eigenvalue weighted by Crippen LogP contribution is 2.14. The molecular weight excluding hydrogens is 188 g/mol. The third kappa shape index (κ3) is 2.38. The van der Waals surface area contributed by atoms with E-state index in [-0.39, 0.29) is 0 Å². The summed E-state index contributed by atoms with van der Waals surface area (Å²) < 4.78 is 1.94. The van der Waals surface area contributed by atoms with Gasteiger partial charge in [-0.3, -0.25) is 9.58 Å². The molecule has 15 heavy (non-hydrogen) atoms. The number of nitrogens with zero attached hydrogens (tertiary/aromatic N) is 3. The summed E-state index contributed by atoms with van der Waals surface area (Å²) in [5, 5.41) is 4.26. The number of hydrogen-bond acceptors (Lipinski definition) is 3. The first-order chi connectivity index (χ1) is 7.16. The van der Waals surface area contributed by atoms with E-state index in [1.54, 1.807) is 0 Å². The minimum absolute atomic E-state index is 0.413. The second kappa shape index (κ2) is 4.33. The summed E-state index contributed by atoms with van der Waals surface area (Å²) in [5.41, 5.74) is 8.49. The van der Waals surface area contributed by atoms with Crippen molar-refractivity contribution in [2.45, 2.75) is 32.4 Å². The zero-order chi connectivity index (χ0) is 10.8. The Labute approximate surface area is 91.1 Å². The summed E-state index contributed by atoms with van der Waals surface area (Å²) in [6, 6.07) is 0.413. The summed E-state index contributed by atoms with van der Waals surface area (Å²) >= 11 is 0. The maximum absolute atomic E-state index is 5.88. The lowest BCUT2D eigenvalue weighted by atomic mass is 10.1. The lowest BCUT2D eigenvalue weighted by Gasteiger charge is -2.29. The summed E-state index contributed by atoms with van der Waals surface area (Å²) in [7, 11) is 1.99. The molecule has 84 valence electrons. The van der Waals surface area contributed by atoms with Crippen LogP contribution < -0.4 is 5.73 Å². The summed E-state index contributed by atoms with van der Waals surface area (Å²) in [5.74, 6) is 0. The molecule has 2 heterocycles. The number of likely N-dealkylation sites (tertiary alicyclic amines) is 1. The molecule has 0 aromatic carbocycles. The van der Waals surface area contributed by atoms with Gasteiger partial charge in [-0.1, -0.05) is 0 Å². The first kappa shape index (κ1) is 10.6. The fourth-order valence-electron chi connectivity index (χ4n) is 2.05. The SMILES string of the molecule is Cc1c(CN2CCC(N)CC2)cnn1C. The van der Waals surface area contributed by atoms with E-state index in [0.717, 1.165) is 32.5 Å². The zero-order valence-corrected chi connectivity index (χ0v) is 9.61. The zero-order valence-electron chi connectivity index (χ0n) is 9.61. The van der Waals surface area contributed by atoms with Crippen LogP contribution in [0, 0.1) is 6.92 Å². The molecule has 1 saturated heterocycles. The molecule has 0 amide bonds. The topological polar surface area (TPSA) is 47.1 Å². The highest BCUT2D eigenvalue weighted by atomic mass is 15.3. The third-order valence-corrected chi connectivity index (χ3v) is 3.36. The molecule has 0 bridgehead atoms. The van der Waals surface area contributed by atoms with E-state index in [1.807, 2.05) is 17.9 Å². The van der Waals surface area contributed by atoms with Crippen LogP contribution in [0.15, 0.2) is 6.20 Å². The normalized spacial score (nSPS) is 19.7. The van der Waals surface area contributed by atoms with E-state index in [1.165, 1.54) is 11.3 Å². The van der Waals surface area contributed by atoms with Gasteiger partial charge in [0.15, 0.2) is 0 Å².